The average Bonchev–Trinajstić information content (AvgIpc) is 2.67. The van der Waals surface area contributed by atoms with Crippen molar-refractivity contribution in [1.82, 2.24) is 9.88 Å². The van der Waals surface area contributed by atoms with Crippen LogP contribution in [0.2, 0.25) is 0 Å². The van der Waals surface area contributed by atoms with Gasteiger partial charge in [-0.3, -0.25) is 0 Å². The van der Waals surface area contributed by atoms with Crippen LogP contribution in [0.4, 0.5) is 0 Å². The van der Waals surface area contributed by atoms with E-state index in [1.165, 1.54) is 0 Å². The monoisotopic (exact) mass is 242 g/mol. The van der Waals surface area contributed by atoms with Crippen molar-refractivity contribution in [3.63, 3.8) is 0 Å². The Hall–Kier alpha value is -0.450. The van der Waals surface area contributed by atoms with Crippen LogP contribution < -0.4 is 0 Å². The Bertz CT molecular complexity index is 313. The largest absolute Gasteiger partial charge is 0.384 e. The summed E-state index contributed by atoms with van der Waals surface area (Å²) in [6.45, 7) is 11.1. The minimum atomic E-state index is -0.816. The van der Waals surface area contributed by atoms with Crippen LogP contribution in [0.5, 0.6) is 0 Å². The third kappa shape index (κ3) is 3.85. The Kier molecular flexibility index (Phi) is 4.89. The van der Waals surface area contributed by atoms with Crippen LogP contribution in [0.15, 0.2) is 5.38 Å². The molecule has 0 aliphatic rings. The molecule has 0 aliphatic heterocycles. The molecule has 0 aliphatic carbocycles. The molecule has 0 atom stereocenters. The molecule has 0 amide bonds. The first-order valence-electron chi connectivity index (χ1n) is 5.87. The first-order valence-corrected chi connectivity index (χ1v) is 6.75. The molecule has 0 fully saturated rings. The second-order valence-corrected chi connectivity index (χ2v) is 5.41. The highest BCUT2D eigenvalue weighted by Crippen LogP contribution is 2.22. The summed E-state index contributed by atoms with van der Waals surface area (Å²) in [5.74, 6) is 0. The fraction of sp³-hybridized carbons (Fsp3) is 0.750. The molecule has 4 heteroatoms. The number of thiazole rings is 1. The van der Waals surface area contributed by atoms with Crippen LogP contribution in [0.3, 0.4) is 0 Å². The van der Waals surface area contributed by atoms with Gasteiger partial charge in [-0.25, -0.2) is 4.98 Å². The summed E-state index contributed by atoms with van der Waals surface area (Å²) in [4.78, 5) is 6.84. The van der Waals surface area contributed by atoms with Crippen LogP contribution in [0.25, 0.3) is 0 Å². The van der Waals surface area contributed by atoms with Crippen LogP contribution in [0.1, 0.15) is 38.4 Å². The summed E-state index contributed by atoms with van der Waals surface area (Å²) in [6, 6.07) is 0. The normalized spacial score (nSPS) is 12.4. The molecule has 0 radical (unpaired) electrons. The van der Waals surface area contributed by atoms with E-state index in [0.717, 1.165) is 36.8 Å². The van der Waals surface area contributed by atoms with Crippen molar-refractivity contribution in [3.8, 4) is 0 Å². The number of hydrogen-bond acceptors (Lipinski definition) is 4. The number of nitrogens with zero attached hydrogens (tertiary/aromatic N) is 2. The molecule has 0 saturated carbocycles. The predicted molar refractivity (Wildman–Crippen MR) is 68.9 cm³/mol. The van der Waals surface area contributed by atoms with E-state index < -0.39 is 5.60 Å². The smallest absolute Gasteiger partial charge is 0.102 e. The van der Waals surface area contributed by atoms with Gasteiger partial charge in [-0.1, -0.05) is 13.8 Å². The molecular weight excluding hydrogens is 220 g/mol. The third-order valence-electron chi connectivity index (χ3n) is 2.71. The van der Waals surface area contributed by atoms with Gasteiger partial charge < -0.3 is 10.0 Å². The number of likely N-dealkylation sites (N-methyl/N-ethyl adjacent to an activating group) is 1. The maximum Gasteiger partial charge on any atom is 0.102 e. The maximum absolute atomic E-state index is 9.81. The van der Waals surface area contributed by atoms with Gasteiger partial charge in [-0.05, 0) is 26.9 Å². The van der Waals surface area contributed by atoms with E-state index in [2.05, 4.69) is 23.7 Å². The molecule has 1 heterocycles. The van der Waals surface area contributed by atoms with Gasteiger partial charge in [0.1, 0.15) is 5.60 Å². The van der Waals surface area contributed by atoms with Gasteiger partial charge in [-0.2, -0.15) is 0 Å². The quantitative estimate of drug-likeness (QED) is 0.831. The molecule has 1 aromatic rings. The average molecular weight is 242 g/mol. The summed E-state index contributed by atoms with van der Waals surface area (Å²) in [7, 11) is 0. The van der Waals surface area contributed by atoms with Crippen LogP contribution >= 0.6 is 11.3 Å². The second kappa shape index (κ2) is 5.75. The van der Waals surface area contributed by atoms with Gasteiger partial charge in [-0.15, -0.1) is 11.3 Å². The van der Waals surface area contributed by atoms with Gasteiger partial charge in [0, 0.05) is 18.3 Å². The highest BCUT2D eigenvalue weighted by Gasteiger charge is 2.19. The summed E-state index contributed by atoms with van der Waals surface area (Å²) in [5, 5.41) is 12.9. The van der Waals surface area contributed by atoms with E-state index >= 15 is 0 Å². The molecule has 0 saturated heterocycles. The Morgan fingerprint density at radius 3 is 2.44 bits per heavy atom. The minimum Gasteiger partial charge on any atom is -0.384 e. The van der Waals surface area contributed by atoms with E-state index in [0.29, 0.717) is 0 Å². The first-order chi connectivity index (χ1) is 7.47. The lowest BCUT2D eigenvalue weighted by atomic mass is 10.1. The van der Waals surface area contributed by atoms with E-state index in [9.17, 15) is 5.11 Å². The lowest BCUT2D eigenvalue weighted by Crippen LogP contribution is -2.25. The summed E-state index contributed by atoms with van der Waals surface area (Å²) >= 11 is 1.64. The third-order valence-corrected chi connectivity index (χ3v) is 3.62. The van der Waals surface area contributed by atoms with Crippen LogP contribution in [-0.4, -0.2) is 34.6 Å². The van der Waals surface area contributed by atoms with Gasteiger partial charge >= 0.3 is 0 Å². The fourth-order valence-electron chi connectivity index (χ4n) is 1.50. The van der Waals surface area contributed by atoms with Gasteiger partial charge in [0.15, 0.2) is 0 Å². The number of hydrogen-bond donors (Lipinski definition) is 1. The van der Waals surface area contributed by atoms with E-state index in [1.807, 2.05) is 5.38 Å². The zero-order chi connectivity index (χ0) is 12.2. The molecule has 1 aromatic heterocycles. The molecule has 3 nitrogen and oxygen atoms in total. The minimum absolute atomic E-state index is 0.784. The maximum atomic E-state index is 9.81. The second-order valence-electron chi connectivity index (χ2n) is 4.46. The lowest BCUT2D eigenvalue weighted by Gasteiger charge is -2.16. The molecule has 1 N–H and O–H groups in total. The first kappa shape index (κ1) is 13.6. The molecule has 0 unspecified atom stereocenters. The fourth-order valence-corrected chi connectivity index (χ4v) is 2.45. The zero-order valence-electron chi connectivity index (χ0n) is 10.7. The molecule has 0 bridgehead atoms. The van der Waals surface area contributed by atoms with Gasteiger partial charge in [0.05, 0.1) is 10.7 Å². The Morgan fingerprint density at radius 2 is 2.00 bits per heavy atom. The summed E-state index contributed by atoms with van der Waals surface area (Å²) in [6.07, 6.45) is 0.975. The number of aromatic nitrogens is 1. The zero-order valence-corrected chi connectivity index (χ0v) is 11.5. The molecule has 92 valence electrons. The van der Waals surface area contributed by atoms with Crippen molar-refractivity contribution in [2.24, 2.45) is 0 Å². The van der Waals surface area contributed by atoms with E-state index in [-0.39, 0.29) is 0 Å². The topological polar surface area (TPSA) is 36.4 Å². The van der Waals surface area contributed by atoms with Crippen molar-refractivity contribution < 1.29 is 5.11 Å². The highest BCUT2D eigenvalue weighted by molar-refractivity contribution is 7.09. The molecular formula is C12H22N2OS. The van der Waals surface area contributed by atoms with Crippen molar-refractivity contribution in [3.05, 3.63) is 16.1 Å². The summed E-state index contributed by atoms with van der Waals surface area (Å²) < 4.78 is 0. The van der Waals surface area contributed by atoms with Gasteiger partial charge in [0.2, 0.25) is 0 Å². The van der Waals surface area contributed by atoms with Crippen molar-refractivity contribution in [2.75, 3.05) is 19.6 Å². The van der Waals surface area contributed by atoms with Crippen LogP contribution in [0, 0.1) is 0 Å². The molecule has 0 spiro atoms. The van der Waals surface area contributed by atoms with Crippen molar-refractivity contribution in [2.45, 2.75) is 39.7 Å². The predicted octanol–water partition coefficient (Wildman–Crippen LogP) is 2.25. The Labute approximate surface area is 102 Å². The number of rotatable bonds is 6. The van der Waals surface area contributed by atoms with Crippen molar-refractivity contribution >= 4 is 11.3 Å². The van der Waals surface area contributed by atoms with Crippen LogP contribution in [-0.2, 0) is 12.0 Å². The van der Waals surface area contributed by atoms with Gasteiger partial charge in [0.25, 0.3) is 0 Å². The Balaban J connectivity index is 2.53. The highest BCUT2D eigenvalue weighted by atomic mass is 32.1. The molecule has 0 aromatic carbocycles. The lowest BCUT2D eigenvalue weighted by molar-refractivity contribution is 0.0743. The SMILES string of the molecule is CCN(CC)CCc1nc(C(C)(C)O)cs1. The van der Waals surface area contributed by atoms with E-state index in [1.54, 1.807) is 25.2 Å². The standard InChI is InChI=1S/C12H22N2OS/c1-5-14(6-2)8-7-11-13-10(9-16-11)12(3,4)15/h9,15H,5-8H2,1-4H3. The Morgan fingerprint density at radius 1 is 1.38 bits per heavy atom. The summed E-state index contributed by atoms with van der Waals surface area (Å²) in [5.41, 5.74) is -0.0312. The van der Waals surface area contributed by atoms with Crippen molar-refractivity contribution in [1.29, 1.82) is 0 Å². The molecule has 16 heavy (non-hydrogen) atoms. The number of aliphatic hydroxyl groups is 1. The van der Waals surface area contributed by atoms with E-state index in [4.69, 9.17) is 0 Å². The molecule has 1 rings (SSSR count).